The molecule has 1 aliphatic rings. The Kier molecular flexibility index (Phi) is 5.11. The van der Waals surface area contributed by atoms with Crippen molar-refractivity contribution in [2.45, 2.75) is 38.8 Å². The summed E-state index contributed by atoms with van der Waals surface area (Å²) in [5.74, 6) is -0.00608. The van der Waals surface area contributed by atoms with Crippen LogP contribution in [0.15, 0.2) is 24.3 Å². The zero-order valence-electron chi connectivity index (χ0n) is 12.1. The van der Waals surface area contributed by atoms with E-state index in [1.165, 1.54) is 6.07 Å². The highest BCUT2D eigenvalue weighted by Gasteiger charge is 2.35. The highest BCUT2D eigenvalue weighted by atomic mass is 19.4. The van der Waals surface area contributed by atoms with Gasteiger partial charge in [0.15, 0.2) is 0 Å². The average molecular weight is 303 g/mol. The smallest absolute Gasteiger partial charge is 0.405 e. The Balaban J connectivity index is 2.27. The van der Waals surface area contributed by atoms with Crippen LogP contribution in [-0.4, -0.2) is 25.6 Å². The number of ether oxygens (including phenoxy) is 2. The molecular weight excluding hydrogens is 283 g/mol. The van der Waals surface area contributed by atoms with Gasteiger partial charge in [0.25, 0.3) is 0 Å². The summed E-state index contributed by atoms with van der Waals surface area (Å²) >= 11 is 0. The minimum absolute atomic E-state index is 0.131. The summed E-state index contributed by atoms with van der Waals surface area (Å²) in [5.41, 5.74) is 0.527. The van der Waals surface area contributed by atoms with Crippen LogP contribution in [0.3, 0.4) is 0 Å². The standard InChI is InChI=1S/C15H20F3NO2/c1-3-19-14(11-8-10(2)20-9-11)12-6-4-5-7-13(12)21-15(16,17)18/h4-7,10-11,14,19H,3,8-9H2,1-2H3. The van der Waals surface area contributed by atoms with E-state index in [2.05, 4.69) is 10.1 Å². The maximum atomic E-state index is 12.5. The first kappa shape index (κ1) is 16.1. The molecule has 1 aliphatic heterocycles. The molecule has 1 aromatic carbocycles. The number of halogens is 3. The van der Waals surface area contributed by atoms with Crippen LogP contribution in [0.5, 0.6) is 5.75 Å². The molecule has 1 aromatic rings. The lowest BCUT2D eigenvalue weighted by Crippen LogP contribution is -2.30. The maximum absolute atomic E-state index is 12.5. The van der Waals surface area contributed by atoms with Crippen LogP contribution in [0.1, 0.15) is 31.9 Å². The van der Waals surface area contributed by atoms with E-state index in [4.69, 9.17) is 4.74 Å². The zero-order valence-corrected chi connectivity index (χ0v) is 12.1. The first-order chi connectivity index (χ1) is 9.90. The van der Waals surface area contributed by atoms with Gasteiger partial charge in [-0.15, -0.1) is 13.2 Å². The highest BCUT2D eigenvalue weighted by Crippen LogP contribution is 2.37. The molecule has 3 atom stereocenters. The van der Waals surface area contributed by atoms with Crippen molar-refractivity contribution in [2.24, 2.45) is 5.92 Å². The molecule has 3 nitrogen and oxygen atoms in total. The lowest BCUT2D eigenvalue weighted by atomic mass is 9.90. The minimum Gasteiger partial charge on any atom is -0.405 e. The van der Waals surface area contributed by atoms with Crippen LogP contribution in [0.25, 0.3) is 0 Å². The second kappa shape index (κ2) is 6.66. The van der Waals surface area contributed by atoms with Crippen molar-refractivity contribution >= 4 is 0 Å². The molecule has 0 saturated carbocycles. The molecule has 1 heterocycles. The second-order valence-electron chi connectivity index (χ2n) is 5.26. The average Bonchev–Trinajstić information content (AvgIpc) is 2.82. The van der Waals surface area contributed by atoms with E-state index in [1.54, 1.807) is 18.2 Å². The van der Waals surface area contributed by atoms with Crippen molar-refractivity contribution in [3.05, 3.63) is 29.8 Å². The van der Waals surface area contributed by atoms with Crippen LogP contribution >= 0.6 is 0 Å². The molecule has 0 aliphatic carbocycles. The Morgan fingerprint density at radius 2 is 2.10 bits per heavy atom. The van der Waals surface area contributed by atoms with E-state index in [1.807, 2.05) is 13.8 Å². The molecule has 0 bridgehead atoms. The van der Waals surface area contributed by atoms with Gasteiger partial charge in [0.2, 0.25) is 0 Å². The van der Waals surface area contributed by atoms with Crippen molar-refractivity contribution in [2.75, 3.05) is 13.2 Å². The van der Waals surface area contributed by atoms with Crippen molar-refractivity contribution in [3.8, 4) is 5.75 Å². The quantitative estimate of drug-likeness (QED) is 0.900. The Bertz CT molecular complexity index is 464. The number of hydrogen-bond acceptors (Lipinski definition) is 3. The van der Waals surface area contributed by atoms with Crippen molar-refractivity contribution in [3.63, 3.8) is 0 Å². The van der Waals surface area contributed by atoms with Gasteiger partial charge in [0, 0.05) is 17.5 Å². The molecular formula is C15H20F3NO2. The van der Waals surface area contributed by atoms with Gasteiger partial charge in [0.1, 0.15) is 5.75 Å². The van der Waals surface area contributed by atoms with Gasteiger partial charge in [-0.1, -0.05) is 25.1 Å². The van der Waals surface area contributed by atoms with Gasteiger partial charge < -0.3 is 14.8 Å². The first-order valence-electron chi connectivity index (χ1n) is 7.10. The minimum atomic E-state index is -4.69. The largest absolute Gasteiger partial charge is 0.573 e. The molecule has 3 unspecified atom stereocenters. The number of nitrogens with one attached hydrogen (secondary N) is 1. The van der Waals surface area contributed by atoms with Crippen LogP contribution < -0.4 is 10.1 Å². The molecule has 0 amide bonds. The van der Waals surface area contributed by atoms with Crippen molar-refractivity contribution < 1.29 is 22.6 Å². The van der Waals surface area contributed by atoms with E-state index in [-0.39, 0.29) is 23.8 Å². The molecule has 1 N–H and O–H groups in total. The fourth-order valence-corrected chi connectivity index (χ4v) is 2.79. The fraction of sp³-hybridized carbons (Fsp3) is 0.600. The SMILES string of the molecule is CCNC(c1ccccc1OC(F)(F)F)C1COC(C)C1. The Morgan fingerprint density at radius 3 is 2.67 bits per heavy atom. The summed E-state index contributed by atoms with van der Waals surface area (Å²) < 4.78 is 47.3. The first-order valence-corrected chi connectivity index (χ1v) is 7.10. The van der Waals surface area contributed by atoms with E-state index >= 15 is 0 Å². The molecule has 0 radical (unpaired) electrons. The number of rotatable bonds is 5. The fourth-order valence-electron chi connectivity index (χ4n) is 2.79. The van der Waals surface area contributed by atoms with E-state index in [9.17, 15) is 13.2 Å². The molecule has 2 rings (SSSR count). The highest BCUT2D eigenvalue weighted by molar-refractivity contribution is 5.36. The molecule has 0 aromatic heterocycles. The second-order valence-corrected chi connectivity index (χ2v) is 5.26. The van der Waals surface area contributed by atoms with E-state index < -0.39 is 6.36 Å². The summed E-state index contributed by atoms with van der Waals surface area (Å²) in [6, 6.07) is 6.09. The molecule has 118 valence electrons. The molecule has 21 heavy (non-hydrogen) atoms. The summed E-state index contributed by atoms with van der Waals surface area (Å²) in [4.78, 5) is 0. The van der Waals surface area contributed by atoms with Gasteiger partial charge in [-0.2, -0.15) is 0 Å². The van der Waals surface area contributed by atoms with Crippen LogP contribution in [0, 0.1) is 5.92 Å². The molecule has 6 heteroatoms. The molecule has 0 spiro atoms. The molecule has 1 fully saturated rings. The topological polar surface area (TPSA) is 30.5 Å². The van der Waals surface area contributed by atoms with Crippen LogP contribution in [-0.2, 0) is 4.74 Å². The van der Waals surface area contributed by atoms with Crippen LogP contribution in [0.2, 0.25) is 0 Å². The molecule has 1 saturated heterocycles. The van der Waals surface area contributed by atoms with Gasteiger partial charge in [0.05, 0.1) is 12.7 Å². The summed E-state index contributed by atoms with van der Waals surface area (Å²) in [6.07, 6.45) is -3.74. The monoisotopic (exact) mass is 303 g/mol. The van der Waals surface area contributed by atoms with Gasteiger partial charge >= 0.3 is 6.36 Å². The van der Waals surface area contributed by atoms with E-state index in [0.717, 1.165) is 6.42 Å². The third kappa shape index (κ3) is 4.35. The van der Waals surface area contributed by atoms with Gasteiger partial charge in [-0.3, -0.25) is 0 Å². The number of para-hydroxylation sites is 1. The number of hydrogen-bond donors (Lipinski definition) is 1. The van der Waals surface area contributed by atoms with Crippen LogP contribution in [0.4, 0.5) is 13.2 Å². The maximum Gasteiger partial charge on any atom is 0.573 e. The normalized spacial score (nSPS) is 24.0. The van der Waals surface area contributed by atoms with Gasteiger partial charge in [-0.25, -0.2) is 0 Å². The number of alkyl halides is 3. The summed E-state index contributed by atoms with van der Waals surface area (Å²) in [7, 11) is 0. The Hall–Kier alpha value is -1.27. The number of benzene rings is 1. The van der Waals surface area contributed by atoms with Crippen molar-refractivity contribution in [1.82, 2.24) is 5.32 Å². The lowest BCUT2D eigenvalue weighted by molar-refractivity contribution is -0.275. The van der Waals surface area contributed by atoms with Gasteiger partial charge in [-0.05, 0) is 26.0 Å². The third-order valence-corrected chi connectivity index (χ3v) is 3.60. The Labute approximate surface area is 122 Å². The predicted molar refractivity (Wildman–Crippen MR) is 73.1 cm³/mol. The summed E-state index contributed by atoms with van der Waals surface area (Å²) in [6.45, 7) is 5.11. The van der Waals surface area contributed by atoms with E-state index in [0.29, 0.717) is 18.7 Å². The predicted octanol–water partition coefficient (Wildman–Crippen LogP) is 3.66. The lowest BCUT2D eigenvalue weighted by Gasteiger charge is -2.26. The zero-order chi connectivity index (χ0) is 15.5. The summed E-state index contributed by atoms with van der Waals surface area (Å²) in [5, 5.41) is 3.26. The Morgan fingerprint density at radius 1 is 1.38 bits per heavy atom. The van der Waals surface area contributed by atoms with Crippen molar-refractivity contribution in [1.29, 1.82) is 0 Å². The third-order valence-electron chi connectivity index (χ3n) is 3.60.